The van der Waals surface area contributed by atoms with E-state index in [0.717, 1.165) is 22.5 Å². The van der Waals surface area contributed by atoms with Gasteiger partial charge in [-0.25, -0.2) is 4.39 Å². The van der Waals surface area contributed by atoms with E-state index in [2.05, 4.69) is 25.6 Å². The summed E-state index contributed by atoms with van der Waals surface area (Å²) in [6.07, 6.45) is 1.83. The lowest BCUT2D eigenvalue weighted by atomic mass is 10.3. The molecule has 2 heterocycles. The van der Waals surface area contributed by atoms with Crippen molar-refractivity contribution in [1.29, 1.82) is 0 Å². The molecule has 0 spiro atoms. The van der Waals surface area contributed by atoms with Crippen molar-refractivity contribution in [2.75, 3.05) is 10.6 Å². The van der Waals surface area contributed by atoms with Crippen molar-refractivity contribution >= 4 is 28.5 Å². The Morgan fingerprint density at radius 1 is 1.10 bits per heavy atom. The van der Waals surface area contributed by atoms with E-state index in [9.17, 15) is 4.39 Å². The van der Waals surface area contributed by atoms with Gasteiger partial charge < -0.3 is 15.6 Å². The summed E-state index contributed by atoms with van der Waals surface area (Å²) < 4.78 is 12.9. The van der Waals surface area contributed by atoms with E-state index in [1.807, 2.05) is 26.1 Å². The Morgan fingerprint density at radius 2 is 1.86 bits per heavy atom. The number of halogens is 1. The predicted molar refractivity (Wildman–Crippen MR) is 82.3 cm³/mol. The van der Waals surface area contributed by atoms with Crippen molar-refractivity contribution in [3.63, 3.8) is 0 Å². The maximum atomic E-state index is 12.9. The first-order valence-corrected chi connectivity index (χ1v) is 6.76. The monoisotopic (exact) mass is 285 g/mol. The molecule has 3 rings (SSSR count). The Bertz CT molecular complexity index is 748. The highest BCUT2D eigenvalue weighted by molar-refractivity contribution is 5.88. The average Bonchev–Trinajstić information content (AvgIpc) is 2.89. The van der Waals surface area contributed by atoms with Crippen LogP contribution in [0.4, 0.5) is 21.8 Å². The predicted octanol–water partition coefficient (Wildman–Crippen LogP) is 3.66. The number of aromatic amines is 1. The second-order valence-electron chi connectivity index (χ2n) is 5.07. The van der Waals surface area contributed by atoms with Gasteiger partial charge in [0.05, 0.1) is 5.39 Å². The standard InChI is InChI=1S/C15H16FN5/c1-9(2)18-14-12-7-8-17-13(12)20-15(21-14)19-11-5-3-10(16)4-6-11/h3-9H,1-2H3,(H3,17,18,19,20,21). The summed E-state index contributed by atoms with van der Waals surface area (Å²) in [6, 6.07) is 8.27. The second kappa shape index (κ2) is 5.40. The number of aromatic nitrogens is 3. The minimum absolute atomic E-state index is 0.261. The maximum Gasteiger partial charge on any atom is 0.231 e. The third-order valence-electron chi connectivity index (χ3n) is 2.94. The van der Waals surface area contributed by atoms with E-state index < -0.39 is 0 Å². The van der Waals surface area contributed by atoms with Crippen molar-refractivity contribution in [2.24, 2.45) is 0 Å². The molecule has 0 bridgehead atoms. The summed E-state index contributed by atoms with van der Waals surface area (Å²) in [4.78, 5) is 12.0. The van der Waals surface area contributed by atoms with Crippen LogP contribution in [0.2, 0.25) is 0 Å². The van der Waals surface area contributed by atoms with Gasteiger partial charge in [0.2, 0.25) is 5.95 Å². The van der Waals surface area contributed by atoms with Crippen LogP contribution in [-0.4, -0.2) is 21.0 Å². The van der Waals surface area contributed by atoms with E-state index in [0.29, 0.717) is 5.95 Å². The lowest BCUT2D eigenvalue weighted by molar-refractivity contribution is 0.628. The van der Waals surface area contributed by atoms with Gasteiger partial charge in [0.1, 0.15) is 17.3 Å². The lowest BCUT2D eigenvalue weighted by Gasteiger charge is -2.12. The molecule has 2 aromatic heterocycles. The van der Waals surface area contributed by atoms with Crippen LogP contribution in [0.3, 0.4) is 0 Å². The number of nitrogens with zero attached hydrogens (tertiary/aromatic N) is 2. The zero-order valence-corrected chi connectivity index (χ0v) is 11.8. The molecule has 6 heteroatoms. The fourth-order valence-electron chi connectivity index (χ4n) is 2.04. The van der Waals surface area contributed by atoms with Gasteiger partial charge in [-0.2, -0.15) is 9.97 Å². The van der Waals surface area contributed by atoms with Crippen molar-refractivity contribution in [2.45, 2.75) is 19.9 Å². The molecule has 0 aliphatic rings. The molecule has 5 nitrogen and oxygen atoms in total. The molecule has 0 unspecified atom stereocenters. The molecule has 3 aromatic rings. The van der Waals surface area contributed by atoms with Crippen molar-refractivity contribution in [3.8, 4) is 0 Å². The van der Waals surface area contributed by atoms with Gasteiger partial charge in [-0.15, -0.1) is 0 Å². The molecular formula is C15H16FN5. The smallest absolute Gasteiger partial charge is 0.231 e. The normalized spacial score (nSPS) is 11.0. The Morgan fingerprint density at radius 3 is 2.57 bits per heavy atom. The number of H-pyrrole nitrogens is 1. The van der Waals surface area contributed by atoms with Gasteiger partial charge in [-0.05, 0) is 44.2 Å². The molecule has 0 radical (unpaired) electrons. The van der Waals surface area contributed by atoms with Crippen molar-refractivity contribution < 1.29 is 4.39 Å². The number of hydrogen-bond acceptors (Lipinski definition) is 4. The molecule has 0 amide bonds. The Balaban J connectivity index is 1.96. The molecule has 108 valence electrons. The maximum absolute atomic E-state index is 12.9. The zero-order valence-electron chi connectivity index (χ0n) is 11.8. The van der Waals surface area contributed by atoms with Gasteiger partial charge in [0, 0.05) is 17.9 Å². The van der Waals surface area contributed by atoms with Crippen LogP contribution < -0.4 is 10.6 Å². The number of benzene rings is 1. The number of nitrogens with one attached hydrogen (secondary N) is 3. The fourth-order valence-corrected chi connectivity index (χ4v) is 2.04. The van der Waals surface area contributed by atoms with Crippen LogP contribution in [0.15, 0.2) is 36.5 Å². The van der Waals surface area contributed by atoms with Gasteiger partial charge in [0.25, 0.3) is 0 Å². The lowest BCUT2D eigenvalue weighted by Crippen LogP contribution is -2.12. The Kier molecular flexibility index (Phi) is 3.43. The molecule has 1 aromatic carbocycles. The van der Waals surface area contributed by atoms with E-state index in [-0.39, 0.29) is 11.9 Å². The summed E-state index contributed by atoms with van der Waals surface area (Å²) in [5.74, 6) is 0.948. The van der Waals surface area contributed by atoms with Crippen LogP contribution in [0.25, 0.3) is 11.0 Å². The third-order valence-corrected chi connectivity index (χ3v) is 2.94. The highest BCUT2D eigenvalue weighted by atomic mass is 19.1. The molecule has 0 aliphatic carbocycles. The zero-order chi connectivity index (χ0) is 14.8. The summed E-state index contributed by atoms with van der Waals surface area (Å²) in [5, 5.41) is 7.31. The molecular weight excluding hydrogens is 269 g/mol. The van der Waals surface area contributed by atoms with Gasteiger partial charge in [-0.3, -0.25) is 0 Å². The summed E-state index contributed by atoms with van der Waals surface area (Å²) >= 11 is 0. The third kappa shape index (κ3) is 2.94. The molecule has 0 saturated carbocycles. The van der Waals surface area contributed by atoms with Gasteiger partial charge in [-0.1, -0.05) is 0 Å². The molecule has 0 fully saturated rings. The Hall–Kier alpha value is -2.63. The quantitative estimate of drug-likeness (QED) is 0.684. The molecule has 0 atom stereocenters. The summed E-state index contributed by atoms with van der Waals surface area (Å²) in [7, 11) is 0. The van der Waals surface area contributed by atoms with Gasteiger partial charge in [0.15, 0.2) is 0 Å². The van der Waals surface area contributed by atoms with Gasteiger partial charge >= 0.3 is 0 Å². The highest BCUT2D eigenvalue weighted by Gasteiger charge is 2.09. The van der Waals surface area contributed by atoms with Crippen LogP contribution in [0.5, 0.6) is 0 Å². The second-order valence-corrected chi connectivity index (χ2v) is 5.07. The summed E-state index contributed by atoms with van der Waals surface area (Å²) in [6.45, 7) is 4.10. The largest absolute Gasteiger partial charge is 0.367 e. The van der Waals surface area contributed by atoms with Crippen LogP contribution in [-0.2, 0) is 0 Å². The van der Waals surface area contributed by atoms with E-state index in [1.54, 1.807) is 12.1 Å². The minimum atomic E-state index is -0.275. The molecule has 21 heavy (non-hydrogen) atoms. The number of hydrogen-bond donors (Lipinski definition) is 3. The number of anilines is 3. The SMILES string of the molecule is CC(C)Nc1nc(Nc2ccc(F)cc2)nc2[nH]ccc12. The number of rotatable bonds is 4. The minimum Gasteiger partial charge on any atom is -0.367 e. The van der Waals surface area contributed by atoms with E-state index in [1.165, 1.54) is 12.1 Å². The van der Waals surface area contributed by atoms with Crippen LogP contribution >= 0.6 is 0 Å². The first-order valence-electron chi connectivity index (χ1n) is 6.76. The topological polar surface area (TPSA) is 65.6 Å². The van der Waals surface area contributed by atoms with Crippen LogP contribution in [0.1, 0.15) is 13.8 Å². The average molecular weight is 285 g/mol. The molecule has 3 N–H and O–H groups in total. The fraction of sp³-hybridized carbons (Fsp3) is 0.200. The van der Waals surface area contributed by atoms with E-state index in [4.69, 9.17) is 0 Å². The Labute approximate surface area is 121 Å². The summed E-state index contributed by atoms with van der Waals surface area (Å²) in [5.41, 5.74) is 1.48. The highest BCUT2D eigenvalue weighted by Crippen LogP contribution is 2.23. The molecule has 0 saturated heterocycles. The van der Waals surface area contributed by atoms with Crippen molar-refractivity contribution in [1.82, 2.24) is 15.0 Å². The first kappa shape index (κ1) is 13.4. The van der Waals surface area contributed by atoms with Crippen LogP contribution in [0, 0.1) is 5.82 Å². The number of fused-ring (bicyclic) bond motifs is 1. The first-order chi connectivity index (χ1) is 10.1. The molecule has 0 aliphatic heterocycles. The van der Waals surface area contributed by atoms with Crippen molar-refractivity contribution in [3.05, 3.63) is 42.3 Å². The van der Waals surface area contributed by atoms with E-state index >= 15 is 0 Å².